The standard InChI is InChI=1S/C45H75NO11/c1-10-34-16-19-40(29(5)23-28(4)33(9)47)56-44(54)37-13-11-12-20-46(37)43(53)42(52)45(55)31(7)15-18-36(57-45)25-39(50)32(8)38(49)24-35(48)17-14-26(2)21-27(3)22-30(6)41(34)51/h16,21,23,27-28,30-33,35-41,47-51,55H,10-15,17-20,22,24-25H2,1-9H3/b26-21-,29-23-,34-16+. The highest BCUT2D eigenvalue weighted by atomic mass is 16.6. The van der Waals surface area contributed by atoms with Gasteiger partial charge in [0.1, 0.15) is 12.1 Å². The maximum atomic E-state index is 14.1. The van der Waals surface area contributed by atoms with Crippen LogP contribution in [-0.2, 0) is 23.9 Å². The van der Waals surface area contributed by atoms with Crippen molar-refractivity contribution in [2.75, 3.05) is 6.54 Å². The number of carbonyl (C=O) groups is 3. The van der Waals surface area contributed by atoms with E-state index >= 15 is 0 Å². The number of carbonyl (C=O) groups excluding carboxylic acids is 3. The molecule has 1 amide bonds. The van der Waals surface area contributed by atoms with Gasteiger partial charge in [0.25, 0.3) is 11.7 Å². The first-order valence-electron chi connectivity index (χ1n) is 21.6. The number of Topliss-reactive ketones (excluding diaryl/α,β-unsaturated/α-hetero) is 1. The van der Waals surface area contributed by atoms with E-state index in [0.29, 0.717) is 56.9 Å². The summed E-state index contributed by atoms with van der Waals surface area (Å²) in [6.07, 6.45) is 4.82. The number of nitrogens with zero attached hydrogens (tertiary/aromatic N) is 1. The Morgan fingerprint density at radius 3 is 2.28 bits per heavy atom. The van der Waals surface area contributed by atoms with Gasteiger partial charge in [-0.05, 0) is 114 Å². The molecule has 2 fully saturated rings. The van der Waals surface area contributed by atoms with Gasteiger partial charge in [0.15, 0.2) is 0 Å². The summed E-state index contributed by atoms with van der Waals surface area (Å²) in [6.45, 7) is 16.9. The number of piperidine rings is 1. The van der Waals surface area contributed by atoms with Gasteiger partial charge in [-0.3, -0.25) is 9.59 Å². The molecule has 3 aliphatic heterocycles. The molecule has 57 heavy (non-hydrogen) atoms. The van der Waals surface area contributed by atoms with Crippen molar-refractivity contribution in [3.63, 3.8) is 0 Å². The fourth-order valence-corrected chi connectivity index (χ4v) is 8.61. The van der Waals surface area contributed by atoms with E-state index in [4.69, 9.17) is 9.47 Å². The fourth-order valence-electron chi connectivity index (χ4n) is 8.61. The summed E-state index contributed by atoms with van der Waals surface area (Å²) in [5.41, 5.74) is 2.60. The first-order valence-corrected chi connectivity index (χ1v) is 21.6. The number of aliphatic hydroxyl groups is 6. The van der Waals surface area contributed by atoms with Crippen molar-refractivity contribution in [1.29, 1.82) is 0 Å². The SMILES string of the molecule is CC/C1=C\CC(/C(C)=C\C(C)C(C)O)OC(=O)C2CCCCN2C(=O)C(=O)C2(O)OC(CCC2C)CC(O)C(C)C(O)CC(O)CC/C(C)=C\C(C)CC(C)C1O. The minimum Gasteiger partial charge on any atom is -0.456 e. The minimum absolute atomic E-state index is 0.00747. The molecule has 14 atom stereocenters. The Morgan fingerprint density at radius 1 is 0.965 bits per heavy atom. The zero-order valence-corrected chi connectivity index (χ0v) is 36.1. The zero-order valence-electron chi connectivity index (χ0n) is 36.1. The average molecular weight is 806 g/mol. The second-order valence-corrected chi connectivity index (χ2v) is 17.9. The van der Waals surface area contributed by atoms with Crippen LogP contribution in [0, 0.1) is 29.6 Å². The van der Waals surface area contributed by atoms with Crippen molar-refractivity contribution in [2.45, 2.75) is 194 Å². The van der Waals surface area contributed by atoms with Crippen LogP contribution < -0.4 is 0 Å². The summed E-state index contributed by atoms with van der Waals surface area (Å²) < 4.78 is 12.2. The van der Waals surface area contributed by atoms with E-state index in [1.165, 1.54) is 4.90 Å². The lowest BCUT2D eigenvalue weighted by molar-refractivity contribution is -0.266. The quantitative estimate of drug-likeness (QED) is 0.123. The van der Waals surface area contributed by atoms with Gasteiger partial charge in [-0.2, -0.15) is 0 Å². The molecule has 12 nitrogen and oxygen atoms in total. The number of ketones is 1. The second kappa shape index (κ2) is 22.2. The molecule has 0 saturated carbocycles. The van der Waals surface area contributed by atoms with Crippen LogP contribution in [0.1, 0.15) is 139 Å². The topological polar surface area (TPSA) is 194 Å². The summed E-state index contributed by atoms with van der Waals surface area (Å²) >= 11 is 0. The first kappa shape index (κ1) is 48.9. The molecule has 0 aromatic rings. The van der Waals surface area contributed by atoms with Gasteiger partial charge in [0.2, 0.25) is 5.79 Å². The number of allylic oxidation sites excluding steroid dienone is 2. The summed E-state index contributed by atoms with van der Waals surface area (Å²) in [4.78, 5) is 43.3. The van der Waals surface area contributed by atoms with Crippen molar-refractivity contribution in [3.8, 4) is 0 Å². The van der Waals surface area contributed by atoms with Gasteiger partial charge in [-0.25, -0.2) is 4.79 Å². The van der Waals surface area contributed by atoms with Crippen molar-refractivity contribution < 1.29 is 54.5 Å². The molecule has 326 valence electrons. The molecule has 3 aliphatic rings. The second-order valence-electron chi connectivity index (χ2n) is 17.9. The number of rotatable bonds is 4. The van der Waals surface area contributed by atoms with Gasteiger partial charge < -0.3 is 45.0 Å². The third kappa shape index (κ3) is 13.5. The van der Waals surface area contributed by atoms with Crippen LogP contribution >= 0.6 is 0 Å². The number of hydrogen-bond donors (Lipinski definition) is 6. The molecular weight excluding hydrogens is 730 g/mol. The van der Waals surface area contributed by atoms with Crippen LogP contribution in [0.5, 0.6) is 0 Å². The summed E-state index contributed by atoms with van der Waals surface area (Å²) in [7, 11) is 0. The molecule has 0 aromatic carbocycles. The van der Waals surface area contributed by atoms with Crippen LogP contribution in [0.3, 0.4) is 0 Å². The minimum atomic E-state index is -2.49. The molecule has 14 unspecified atom stereocenters. The zero-order chi connectivity index (χ0) is 42.8. The van der Waals surface area contributed by atoms with Gasteiger partial charge in [0, 0.05) is 30.7 Å². The van der Waals surface area contributed by atoms with E-state index in [1.54, 1.807) is 20.8 Å². The Balaban J connectivity index is 2.02. The summed E-state index contributed by atoms with van der Waals surface area (Å²) in [5.74, 6) is -7.00. The van der Waals surface area contributed by atoms with Crippen LogP contribution in [0.4, 0.5) is 0 Å². The number of hydrogen-bond acceptors (Lipinski definition) is 11. The third-order valence-corrected chi connectivity index (χ3v) is 12.9. The van der Waals surface area contributed by atoms with Gasteiger partial charge in [0.05, 0.1) is 36.6 Å². The molecule has 12 heteroatoms. The Labute approximate surface area is 341 Å². The fraction of sp³-hybridized carbons (Fsp3) is 0.800. The average Bonchev–Trinajstić information content (AvgIpc) is 3.16. The van der Waals surface area contributed by atoms with Crippen LogP contribution in [-0.4, -0.2) is 114 Å². The number of aliphatic hydroxyl groups excluding tert-OH is 5. The predicted molar refractivity (Wildman–Crippen MR) is 218 cm³/mol. The van der Waals surface area contributed by atoms with Crippen LogP contribution in [0.25, 0.3) is 0 Å². The maximum absolute atomic E-state index is 14.1. The van der Waals surface area contributed by atoms with E-state index in [-0.39, 0.29) is 50.0 Å². The lowest BCUT2D eigenvalue weighted by Gasteiger charge is -2.43. The normalized spacial score (nSPS) is 40.1. The molecule has 0 spiro atoms. The Morgan fingerprint density at radius 2 is 1.63 bits per heavy atom. The highest BCUT2D eigenvalue weighted by molar-refractivity contribution is 6.39. The largest absolute Gasteiger partial charge is 0.456 e. The monoisotopic (exact) mass is 806 g/mol. The molecule has 6 N–H and O–H groups in total. The highest BCUT2D eigenvalue weighted by Gasteiger charge is 2.53. The van der Waals surface area contributed by atoms with Gasteiger partial charge in [-0.1, -0.05) is 65.3 Å². The molecule has 3 rings (SSSR count). The van der Waals surface area contributed by atoms with E-state index in [2.05, 4.69) is 13.0 Å². The van der Waals surface area contributed by atoms with Crippen molar-refractivity contribution in [3.05, 3.63) is 34.9 Å². The molecule has 0 aromatic heterocycles. The van der Waals surface area contributed by atoms with Gasteiger partial charge >= 0.3 is 5.97 Å². The molecular formula is C45H75NO11. The van der Waals surface area contributed by atoms with E-state index in [1.807, 2.05) is 46.8 Å². The van der Waals surface area contributed by atoms with Crippen molar-refractivity contribution in [2.24, 2.45) is 29.6 Å². The highest BCUT2D eigenvalue weighted by Crippen LogP contribution is 2.37. The molecule has 3 heterocycles. The van der Waals surface area contributed by atoms with E-state index in [9.17, 15) is 45.0 Å². The summed E-state index contributed by atoms with van der Waals surface area (Å²) in [5, 5.41) is 66.5. The van der Waals surface area contributed by atoms with E-state index < -0.39 is 84.1 Å². The smallest absolute Gasteiger partial charge is 0.329 e. The number of cyclic esters (lactones) is 1. The first-order chi connectivity index (χ1) is 26.7. The van der Waals surface area contributed by atoms with Crippen LogP contribution in [0.2, 0.25) is 0 Å². The molecule has 2 saturated heterocycles. The lowest BCUT2D eigenvalue weighted by atomic mass is 9.83. The molecule has 0 aliphatic carbocycles. The maximum Gasteiger partial charge on any atom is 0.329 e. The van der Waals surface area contributed by atoms with Crippen molar-refractivity contribution >= 4 is 17.7 Å². The Kier molecular flexibility index (Phi) is 19.1. The number of amides is 1. The number of esters is 1. The molecule has 2 bridgehead atoms. The van der Waals surface area contributed by atoms with E-state index in [0.717, 1.165) is 11.1 Å². The van der Waals surface area contributed by atoms with Crippen LogP contribution in [0.15, 0.2) is 34.9 Å². The predicted octanol–water partition coefficient (Wildman–Crippen LogP) is 5.30. The number of fused-ring (bicyclic) bond motifs is 3. The lowest BCUT2D eigenvalue weighted by Crippen LogP contribution is -2.61. The van der Waals surface area contributed by atoms with Crippen molar-refractivity contribution in [1.82, 2.24) is 4.90 Å². The Bertz CT molecular complexity index is 1430. The molecule has 0 radical (unpaired) electrons. The number of ether oxygens (including phenoxy) is 2. The third-order valence-electron chi connectivity index (χ3n) is 12.9. The van der Waals surface area contributed by atoms with Gasteiger partial charge in [-0.15, -0.1) is 0 Å². The Hall–Kier alpha value is -2.45. The summed E-state index contributed by atoms with van der Waals surface area (Å²) in [6, 6.07) is -1.08.